The van der Waals surface area contributed by atoms with Gasteiger partial charge in [0, 0.05) is 17.1 Å². The molecule has 7 heteroatoms. The van der Waals surface area contributed by atoms with E-state index in [1.807, 2.05) is 48.5 Å². The van der Waals surface area contributed by atoms with Crippen LogP contribution in [0.3, 0.4) is 0 Å². The van der Waals surface area contributed by atoms with Gasteiger partial charge < -0.3 is 8.98 Å². The molecule has 0 fully saturated rings. The first kappa shape index (κ1) is 17.1. The maximum absolute atomic E-state index is 6.10. The largest absolute Gasteiger partial charge is 0.420 e. The Morgan fingerprint density at radius 2 is 1.96 bits per heavy atom. The Kier molecular flexibility index (Phi) is 4.95. The Morgan fingerprint density at radius 3 is 2.77 bits per heavy atom. The van der Waals surface area contributed by atoms with Gasteiger partial charge in [0.25, 0.3) is 0 Å². The molecule has 2 aromatic carbocycles. The van der Waals surface area contributed by atoms with E-state index in [9.17, 15) is 0 Å². The van der Waals surface area contributed by atoms with Crippen LogP contribution in [0.15, 0.2) is 58.1 Å². The van der Waals surface area contributed by atoms with Crippen LogP contribution in [0.5, 0.6) is 0 Å². The van der Waals surface area contributed by atoms with E-state index in [2.05, 4.69) is 21.7 Å². The number of halogens is 1. The summed E-state index contributed by atoms with van der Waals surface area (Å²) in [4.78, 5) is 4.72. The van der Waals surface area contributed by atoms with Crippen LogP contribution in [0.4, 0.5) is 0 Å². The quantitative estimate of drug-likeness (QED) is 0.414. The van der Waals surface area contributed by atoms with Crippen molar-refractivity contribution < 1.29 is 4.42 Å². The van der Waals surface area contributed by atoms with Crippen LogP contribution in [0.2, 0.25) is 5.02 Å². The minimum Gasteiger partial charge on any atom is -0.420 e. The lowest BCUT2D eigenvalue weighted by Gasteiger charge is -2.06. The predicted octanol–water partition coefficient (Wildman–Crippen LogP) is 5.44. The summed E-state index contributed by atoms with van der Waals surface area (Å²) in [6.45, 7) is 3.06. The van der Waals surface area contributed by atoms with E-state index in [1.165, 1.54) is 0 Å². The van der Waals surface area contributed by atoms with Crippen LogP contribution in [0.25, 0.3) is 22.5 Å². The Morgan fingerprint density at radius 1 is 1.12 bits per heavy atom. The van der Waals surface area contributed by atoms with Crippen LogP contribution < -0.4 is 0 Å². The van der Waals surface area contributed by atoms with E-state index in [0.29, 0.717) is 22.6 Å². The summed E-state index contributed by atoms with van der Waals surface area (Å²) in [7, 11) is 0. The Bertz CT molecular complexity index is 1030. The second kappa shape index (κ2) is 7.51. The lowest BCUT2D eigenvalue weighted by atomic mass is 10.2. The fourth-order valence-electron chi connectivity index (χ4n) is 2.77. The molecule has 4 rings (SSSR count). The van der Waals surface area contributed by atoms with Crippen molar-refractivity contribution in [3.8, 4) is 11.5 Å². The highest BCUT2D eigenvalue weighted by Gasteiger charge is 2.14. The molecule has 0 atom stereocenters. The average molecular weight is 385 g/mol. The fraction of sp³-hybridized carbons (Fsp3) is 0.211. The minimum absolute atomic E-state index is 0.537. The Labute approximate surface area is 160 Å². The molecule has 0 radical (unpaired) electrons. The lowest BCUT2D eigenvalue weighted by molar-refractivity contribution is 0.528. The first-order valence-corrected chi connectivity index (χ1v) is 9.77. The highest BCUT2D eigenvalue weighted by atomic mass is 35.5. The third kappa shape index (κ3) is 3.48. The molecular formula is C19H17ClN4OS. The van der Waals surface area contributed by atoms with Gasteiger partial charge in [-0.3, -0.25) is 0 Å². The number of nitrogens with zero attached hydrogens (tertiary/aromatic N) is 4. The molecule has 132 valence electrons. The molecule has 0 bridgehead atoms. The number of benzene rings is 2. The number of rotatable bonds is 6. The number of fused-ring (bicyclic) bond motifs is 1. The first-order chi connectivity index (χ1) is 12.7. The number of imidazole rings is 1. The van der Waals surface area contributed by atoms with Crippen molar-refractivity contribution >= 4 is 34.4 Å². The predicted molar refractivity (Wildman–Crippen MR) is 104 cm³/mol. The summed E-state index contributed by atoms with van der Waals surface area (Å²) in [5.74, 6) is 1.69. The van der Waals surface area contributed by atoms with Crippen molar-refractivity contribution in [1.82, 2.24) is 19.7 Å². The van der Waals surface area contributed by atoms with Crippen LogP contribution in [0, 0.1) is 0 Å². The molecule has 0 aliphatic rings. The number of hydrogen-bond donors (Lipinski definition) is 0. The normalized spacial score (nSPS) is 11.3. The molecule has 4 aromatic rings. The van der Waals surface area contributed by atoms with Crippen LogP contribution in [0.1, 0.15) is 19.2 Å². The summed E-state index contributed by atoms with van der Waals surface area (Å²) in [6.07, 6.45) is 1.03. The van der Waals surface area contributed by atoms with Gasteiger partial charge in [-0.25, -0.2) is 4.98 Å². The highest BCUT2D eigenvalue weighted by Crippen LogP contribution is 2.29. The number of hydrogen-bond acceptors (Lipinski definition) is 5. The smallest absolute Gasteiger partial charge is 0.247 e. The molecule has 2 aromatic heterocycles. The van der Waals surface area contributed by atoms with E-state index < -0.39 is 0 Å². The van der Waals surface area contributed by atoms with Crippen molar-refractivity contribution in [3.63, 3.8) is 0 Å². The molecule has 0 amide bonds. The zero-order valence-electron chi connectivity index (χ0n) is 14.2. The van der Waals surface area contributed by atoms with E-state index in [1.54, 1.807) is 11.8 Å². The third-order valence-electron chi connectivity index (χ3n) is 3.93. The molecule has 5 nitrogen and oxygen atoms in total. The van der Waals surface area contributed by atoms with Crippen molar-refractivity contribution in [2.24, 2.45) is 0 Å². The van der Waals surface area contributed by atoms with Gasteiger partial charge in [0.15, 0.2) is 5.16 Å². The first-order valence-electron chi connectivity index (χ1n) is 8.41. The number of thioether (sulfide) groups is 1. The topological polar surface area (TPSA) is 56.7 Å². The van der Waals surface area contributed by atoms with Crippen molar-refractivity contribution in [2.75, 3.05) is 0 Å². The highest BCUT2D eigenvalue weighted by molar-refractivity contribution is 7.98. The third-order valence-corrected chi connectivity index (χ3v) is 5.13. The minimum atomic E-state index is 0.537. The van der Waals surface area contributed by atoms with Gasteiger partial charge in [-0.05, 0) is 36.8 Å². The molecule has 0 aliphatic carbocycles. The maximum Gasteiger partial charge on any atom is 0.247 e. The van der Waals surface area contributed by atoms with Gasteiger partial charge in [-0.1, -0.05) is 48.5 Å². The standard InChI is InChI=1S/C19H17ClN4OS/c1-2-10-24-16-9-8-14(20)11-15(16)21-19(24)26-12-17-22-23-18(25-17)13-6-4-3-5-7-13/h3-9,11H,2,10,12H2,1H3. The van der Waals surface area contributed by atoms with Crippen LogP contribution >= 0.6 is 23.4 Å². The second-order valence-corrected chi connectivity index (χ2v) is 7.21. The summed E-state index contributed by atoms with van der Waals surface area (Å²) < 4.78 is 8.00. The zero-order valence-corrected chi connectivity index (χ0v) is 15.8. The molecular weight excluding hydrogens is 368 g/mol. The van der Waals surface area contributed by atoms with Gasteiger partial charge in [-0.15, -0.1) is 10.2 Å². The second-order valence-electron chi connectivity index (χ2n) is 5.83. The van der Waals surface area contributed by atoms with E-state index in [4.69, 9.17) is 21.0 Å². The summed E-state index contributed by atoms with van der Waals surface area (Å²) in [5, 5.41) is 9.92. The Hall–Kier alpha value is -2.31. The molecule has 0 saturated carbocycles. The average Bonchev–Trinajstić information content (AvgIpc) is 3.26. The number of aromatic nitrogens is 4. The van der Waals surface area contributed by atoms with Crippen LogP contribution in [-0.2, 0) is 12.3 Å². The molecule has 0 aliphatic heterocycles. The van der Waals surface area contributed by atoms with Crippen molar-refractivity contribution in [3.05, 3.63) is 59.4 Å². The molecule has 0 spiro atoms. The SMILES string of the molecule is CCCn1c(SCc2nnc(-c3ccccc3)o2)nc2cc(Cl)ccc21. The number of aryl methyl sites for hydroxylation is 1. The van der Waals surface area contributed by atoms with Crippen molar-refractivity contribution in [2.45, 2.75) is 30.8 Å². The van der Waals surface area contributed by atoms with Gasteiger partial charge in [-0.2, -0.15) is 0 Å². The van der Waals surface area contributed by atoms with Crippen molar-refractivity contribution in [1.29, 1.82) is 0 Å². The van der Waals surface area contributed by atoms with E-state index >= 15 is 0 Å². The zero-order chi connectivity index (χ0) is 17.9. The van der Waals surface area contributed by atoms with Gasteiger partial charge in [0.2, 0.25) is 11.8 Å². The van der Waals surface area contributed by atoms with E-state index in [0.717, 1.165) is 34.7 Å². The molecule has 26 heavy (non-hydrogen) atoms. The van der Waals surface area contributed by atoms with Gasteiger partial charge in [0.1, 0.15) is 0 Å². The molecule has 2 heterocycles. The van der Waals surface area contributed by atoms with Gasteiger partial charge in [0.05, 0.1) is 16.8 Å². The maximum atomic E-state index is 6.10. The monoisotopic (exact) mass is 384 g/mol. The summed E-state index contributed by atoms with van der Waals surface area (Å²) in [6, 6.07) is 15.6. The van der Waals surface area contributed by atoms with Gasteiger partial charge >= 0.3 is 0 Å². The summed E-state index contributed by atoms with van der Waals surface area (Å²) in [5.41, 5.74) is 2.92. The van der Waals surface area contributed by atoms with Crippen LogP contribution in [-0.4, -0.2) is 19.7 Å². The molecule has 0 saturated heterocycles. The fourth-order valence-corrected chi connectivity index (χ4v) is 3.81. The van der Waals surface area contributed by atoms with E-state index in [-0.39, 0.29) is 0 Å². The summed E-state index contributed by atoms with van der Waals surface area (Å²) >= 11 is 7.69. The Balaban J connectivity index is 1.56. The molecule has 0 N–H and O–H groups in total. The molecule has 0 unspecified atom stereocenters. The lowest BCUT2D eigenvalue weighted by Crippen LogP contribution is -1.98.